The lowest BCUT2D eigenvalue weighted by molar-refractivity contribution is -0.142. The van der Waals surface area contributed by atoms with E-state index >= 15 is 0 Å². The maximum atomic E-state index is 13.6. The largest absolute Gasteiger partial charge is 0.497 e. The molecule has 3 heterocycles. The van der Waals surface area contributed by atoms with Crippen molar-refractivity contribution in [3.8, 4) is 11.4 Å². The molecule has 8 nitrogen and oxygen atoms in total. The summed E-state index contributed by atoms with van der Waals surface area (Å²) in [6.07, 6.45) is 7.86. The lowest BCUT2D eigenvalue weighted by Gasteiger charge is -2.41. The van der Waals surface area contributed by atoms with Crippen LogP contribution in [0.5, 0.6) is 5.75 Å². The van der Waals surface area contributed by atoms with Crippen molar-refractivity contribution in [2.75, 3.05) is 20.2 Å². The molecule has 2 fully saturated rings. The Labute approximate surface area is 238 Å². The first kappa shape index (κ1) is 27.2. The second-order valence-corrected chi connectivity index (χ2v) is 11.4. The van der Waals surface area contributed by atoms with Gasteiger partial charge in [-0.05, 0) is 79.6 Å². The highest BCUT2D eigenvalue weighted by molar-refractivity contribution is 5.80. The van der Waals surface area contributed by atoms with Crippen molar-refractivity contribution in [3.05, 3.63) is 88.9 Å². The molecular weight excluding hydrogens is 523 g/mol. The molecule has 1 aliphatic carbocycles. The van der Waals surface area contributed by atoms with Crippen LogP contribution in [0.1, 0.15) is 50.0 Å². The molecule has 2 aliphatic rings. The number of hydrogen-bond acceptors (Lipinski definition) is 5. The van der Waals surface area contributed by atoms with Gasteiger partial charge in [0, 0.05) is 30.9 Å². The highest BCUT2D eigenvalue weighted by Gasteiger charge is 2.39. The minimum absolute atomic E-state index is 0.0826. The summed E-state index contributed by atoms with van der Waals surface area (Å²) in [7, 11) is 1.61. The van der Waals surface area contributed by atoms with Crippen molar-refractivity contribution in [2.45, 2.75) is 56.6 Å². The Kier molecular flexibility index (Phi) is 7.38. The fourth-order valence-corrected chi connectivity index (χ4v) is 6.51. The van der Waals surface area contributed by atoms with Crippen LogP contribution in [0.15, 0.2) is 71.9 Å². The quantitative estimate of drug-likeness (QED) is 0.372. The third-order valence-corrected chi connectivity index (χ3v) is 8.87. The summed E-state index contributed by atoms with van der Waals surface area (Å²) in [5.74, 6) is 0.531. The average molecular weight is 559 g/mol. The number of rotatable bonds is 6. The number of ether oxygens (including phenoxy) is 1. The summed E-state index contributed by atoms with van der Waals surface area (Å²) in [6.45, 7) is 0.979. The van der Waals surface area contributed by atoms with Gasteiger partial charge in [0.1, 0.15) is 17.9 Å². The standard InChI is InChI=1S/C32H35FN4O4/c1-41-25-12-10-24(11-13-25)37-17-14-28-29(37)34-21-36(31(28)39)20-32(40)15-18-35(19-16-32)30(38)27-5-3-2-4-26(27)22-6-8-23(33)9-7-22/h6-14,17,21,26-27,40H,2-5,15-16,18-20H2,1H3/t26-,27+/m1/s1. The van der Waals surface area contributed by atoms with E-state index in [0.717, 1.165) is 42.7 Å². The number of carbonyl (C=O) groups excluding carboxylic acids is 1. The van der Waals surface area contributed by atoms with Crippen LogP contribution < -0.4 is 10.3 Å². The van der Waals surface area contributed by atoms with Gasteiger partial charge in [-0.25, -0.2) is 9.37 Å². The number of carbonyl (C=O) groups is 1. The molecule has 1 saturated heterocycles. The minimum Gasteiger partial charge on any atom is -0.497 e. The van der Waals surface area contributed by atoms with Gasteiger partial charge in [-0.2, -0.15) is 0 Å². The van der Waals surface area contributed by atoms with E-state index in [9.17, 15) is 19.1 Å². The predicted molar refractivity (Wildman–Crippen MR) is 154 cm³/mol. The summed E-state index contributed by atoms with van der Waals surface area (Å²) in [5, 5.41) is 11.9. The van der Waals surface area contributed by atoms with Gasteiger partial charge < -0.3 is 19.3 Å². The van der Waals surface area contributed by atoms with Gasteiger partial charge in [0.25, 0.3) is 5.56 Å². The molecule has 0 unspecified atom stereocenters. The number of amides is 1. The van der Waals surface area contributed by atoms with E-state index in [-0.39, 0.29) is 35.7 Å². The van der Waals surface area contributed by atoms with Crippen LogP contribution in [0.3, 0.4) is 0 Å². The first-order valence-electron chi connectivity index (χ1n) is 14.3. The van der Waals surface area contributed by atoms with Gasteiger partial charge in [-0.15, -0.1) is 0 Å². The van der Waals surface area contributed by atoms with Crippen molar-refractivity contribution >= 4 is 16.9 Å². The highest BCUT2D eigenvalue weighted by Crippen LogP contribution is 2.39. The molecule has 1 aliphatic heterocycles. The first-order chi connectivity index (χ1) is 19.8. The van der Waals surface area contributed by atoms with E-state index in [4.69, 9.17) is 4.74 Å². The van der Waals surface area contributed by atoms with Crippen molar-refractivity contribution in [2.24, 2.45) is 5.92 Å². The summed E-state index contributed by atoms with van der Waals surface area (Å²) < 4.78 is 22.1. The van der Waals surface area contributed by atoms with Crippen LogP contribution in [0.2, 0.25) is 0 Å². The maximum absolute atomic E-state index is 13.6. The van der Waals surface area contributed by atoms with Crippen molar-refractivity contribution in [1.82, 2.24) is 19.0 Å². The lowest BCUT2D eigenvalue weighted by Crippen LogP contribution is -2.51. The number of hydrogen-bond donors (Lipinski definition) is 1. The van der Waals surface area contributed by atoms with Gasteiger partial charge in [-0.3, -0.25) is 14.2 Å². The van der Waals surface area contributed by atoms with Crippen LogP contribution in [-0.4, -0.2) is 55.8 Å². The van der Waals surface area contributed by atoms with Crippen LogP contribution >= 0.6 is 0 Å². The van der Waals surface area contributed by atoms with E-state index in [2.05, 4.69) is 4.98 Å². The fraction of sp³-hybridized carbons (Fsp3) is 0.406. The number of piperidine rings is 1. The third kappa shape index (κ3) is 5.38. The molecule has 1 N–H and O–H groups in total. The minimum atomic E-state index is -1.11. The van der Waals surface area contributed by atoms with E-state index in [1.54, 1.807) is 25.3 Å². The second kappa shape index (κ2) is 11.1. The lowest BCUT2D eigenvalue weighted by atomic mass is 9.74. The molecule has 2 atom stereocenters. The van der Waals surface area contributed by atoms with Crippen LogP contribution in [0, 0.1) is 11.7 Å². The summed E-state index contributed by atoms with van der Waals surface area (Å²) in [5.41, 5.74) is 1.10. The van der Waals surface area contributed by atoms with Gasteiger partial charge in [0.2, 0.25) is 5.91 Å². The smallest absolute Gasteiger partial charge is 0.262 e. The molecule has 6 rings (SSSR count). The molecular formula is C32H35FN4O4. The van der Waals surface area contributed by atoms with Gasteiger partial charge in [-0.1, -0.05) is 25.0 Å². The zero-order chi connectivity index (χ0) is 28.6. The van der Waals surface area contributed by atoms with Crippen molar-refractivity contribution < 1.29 is 19.0 Å². The molecule has 0 bridgehead atoms. The molecule has 214 valence electrons. The monoisotopic (exact) mass is 558 g/mol. The van der Waals surface area contributed by atoms with E-state index in [0.29, 0.717) is 37.0 Å². The molecule has 2 aromatic carbocycles. The first-order valence-corrected chi connectivity index (χ1v) is 14.3. The molecule has 0 radical (unpaired) electrons. The summed E-state index contributed by atoms with van der Waals surface area (Å²) >= 11 is 0. The Morgan fingerprint density at radius 2 is 1.76 bits per heavy atom. The number of halogens is 1. The number of benzene rings is 2. The Balaban J connectivity index is 1.14. The molecule has 0 spiro atoms. The van der Waals surface area contributed by atoms with Crippen molar-refractivity contribution in [3.63, 3.8) is 0 Å². The number of aromatic nitrogens is 3. The summed E-state index contributed by atoms with van der Waals surface area (Å²) in [6, 6.07) is 15.8. The van der Waals surface area contributed by atoms with E-state index < -0.39 is 5.60 Å². The highest BCUT2D eigenvalue weighted by atomic mass is 19.1. The number of likely N-dealkylation sites (tertiary alicyclic amines) is 1. The molecule has 1 saturated carbocycles. The molecule has 41 heavy (non-hydrogen) atoms. The fourth-order valence-electron chi connectivity index (χ4n) is 6.51. The zero-order valence-electron chi connectivity index (χ0n) is 23.2. The Hall–Kier alpha value is -3.98. The number of nitrogens with zero attached hydrogens (tertiary/aromatic N) is 4. The topological polar surface area (TPSA) is 89.6 Å². The number of fused-ring (bicyclic) bond motifs is 1. The molecule has 9 heteroatoms. The predicted octanol–water partition coefficient (Wildman–Crippen LogP) is 4.66. The molecule has 1 amide bonds. The van der Waals surface area contributed by atoms with Gasteiger partial charge in [0.05, 0.1) is 24.6 Å². The Bertz CT molecular complexity index is 1590. The van der Waals surface area contributed by atoms with Crippen LogP contribution in [0.25, 0.3) is 16.7 Å². The van der Waals surface area contributed by atoms with E-state index in [1.807, 2.05) is 39.9 Å². The SMILES string of the molecule is COc1ccc(-n2ccc3c(=O)n(CC4(O)CCN(C(=O)[C@H]5CCCC[C@@H]5c5ccc(F)cc5)CC4)cnc32)cc1. The summed E-state index contributed by atoms with van der Waals surface area (Å²) in [4.78, 5) is 33.4. The average Bonchev–Trinajstić information content (AvgIpc) is 3.44. The Morgan fingerprint density at radius 3 is 2.46 bits per heavy atom. The van der Waals surface area contributed by atoms with E-state index in [1.165, 1.54) is 23.0 Å². The van der Waals surface area contributed by atoms with Crippen LogP contribution in [-0.2, 0) is 11.3 Å². The number of aliphatic hydroxyl groups is 1. The maximum Gasteiger partial charge on any atom is 0.262 e. The van der Waals surface area contributed by atoms with Crippen LogP contribution in [0.4, 0.5) is 4.39 Å². The third-order valence-electron chi connectivity index (χ3n) is 8.87. The van der Waals surface area contributed by atoms with Gasteiger partial charge in [0.15, 0.2) is 5.65 Å². The second-order valence-electron chi connectivity index (χ2n) is 11.4. The Morgan fingerprint density at radius 1 is 1.05 bits per heavy atom. The number of methoxy groups -OCH3 is 1. The normalized spacial score (nSPS) is 20.7. The van der Waals surface area contributed by atoms with Gasteiger partial charge >= 0.3 is 0 Å². The zero-order valence-corrected chi connectivity index (χ0v) is 23.2. The van der Waals surface area contributed by atoms with Crippen molar-refractivity contribution in [1.29, 1.82) is 0 Å². The molecule has 2 aromatic heterocycles. The molecule has 4 aromatic rings.